The molecule has 9 nitrogen and oxygen atoms in total. The van der Waals surface area contributed by atoms with E-state index in [4.69, 9.17) is 25.8 Å². The number of thiophene rings is 1. The Morgan fingerprint density at radius 3 is 2.29 bits per heavy atom. The van der Waals surface area contributed by atoms with Crippen LogP contribution in [0.1, 0.15) is 24.4 Å². The van der Waals surface area contributed by atoms with Crippen molar-refractivity contribution in [2.75, 3.05) is 26.1 Å². The van der Waals surface area contributed by atoms with Crippen LogP contribution in [0, 0.1) is 6.92 Å². The van der Waals surface area contributed by atoms with E-state index in [0.29, 0.717) is 39.1 Å². The number of methoxy groups -OCH3 is 3. The summed E-state index contributed by atoms with van der Waals surface area (Å²) in [6.45, 7) is 3.97. The summed E-state index contributed by atoms with van der Waals surface area (Å²) in [5, 5.41) is 8.83. The average Bonchev–Trinajstić information content (AvgIpc) is 3.49. The molecule has 0 spiro atoms. The number of para-hydroxylation sites is 1. The van der Waals surface area contributed by atoms with Gasteiger partial charge in [-0.3, -0.25) is 9.29 Å². The summed E-state index contributed by atoms with van der Waals surface area (Å²) in [6.07, 6.45) is 3.23. The lowest BCUT2D eigenvalue weighted by Gasteiger charge is -2.22. The fourth-order valence-corrected chi connectivity index (χ4v) is 5.27. The van der Waals surface area contributed by atoms with Crippen LogP contribution < -0.4 is 14.2 Å². The van der Waals surface area contributed by atoms with Crippen LogP contribution in [-0.2, 0) is 4.74 Å². The lowest BCUT2D eigenvalue weighted by molar-refractivity contribution is 0.0972. The zero-order valence-electron chi connectivity index (χ0n) is 19.9. The van der Waals surface area contributed by atoms with Gasteiger partial charge in [-0.25, -0.2) is 9.97 Å². The van der Waals surface area contributed by atoms with Crippen molar-refractivity contribution in [1.82, 2.24) is 24.7 Å². The van der Waals surface area contributed by atoms with Gasteiger partial charge in [-0.1, -0.05) is 17.7 Å². The standard InChI is InChI=1S/C23H25ClN6O3S2/c1-13-11-25-21(26-12-13)20(33-5)14(2)35-29-23-28-27-22(17-9-10-18(24)34-17)30(23)19-15(31-3)7-6-8-16(19)32-4/h6-12,14,20H,1-5H3,(H,28,29). The lowest BCUT2D eigenvalue weighted by atomic mass is 10.2. The highest BCUT2D eigenvalue weighted by Crippen LogP contribution is 2.40. The lowest BCUT2D eigenvalue weighted by Crippen LogP contribution is -2.19. The number of hydrogen-bond acceptors (Lipinski definition) is 10. The molecule has 1 aromatic carbocycles. The minimum Gasteiger partial charge on any atom is -0.494 e. The number of aromatic nitrogens is 5. The second-order valence-corrected chi connectivity index (χ2v) is 10.4. The molecule has 3 aromatic heterocycles. The van der Waals surface area contributed by atoms with Crippen molar-refractivity contribution in [2.24, 2.45) is 0 Å². The Hall–Kier alpha value is -2.86. The Morgan fingerprint density at radius 1 is 1.03 bits per heavy atom. The van der Waals surface area contributed by atoms with Gasteiger partial charge in [-0.15, -0.1) is 21.5 Å². The van der Waals surface area contributed by atoms with E-state index >= 15 is 0 Å². The number of halogens is 1. The van der Waals surface area contributed by atoms with Crippen LogP contribution in [0.15, 0.2) is 42.7 Å². The molecule has 3 heterocycles. The highest BCUT2D eigenvalue weighted by Gasteiger charge is 2.26. The highest BCUT2D eigenvalue weighted by molar-refractivity contribution is 8.01. The molecule has 0 aliphatic rings. The number of ether oxygens (including phenoxy) is 3. The normalized spacial score (nSPS) is 12.9. The van der Waals surface area contributed by atoms with Crippen molar-refractivity contribution in [1.29, 1.82) is 0 Å². The number of nitrogens with one attached hydrogen (secondary N) is 1. The van der Waals surface area contributed by atoms with Crippen molar-refractivity contribution < 1.29 is 14.2 Å². The first-order valence-electron chi connectivity index (χ1n) is 10.6. The van der Waals surface area contributed by atoms with Crippen molar-refractivity contribution in [3.63, 3.8) is 0 Å². The molecule has 2 unspecified atom stereocenters. The van der Waals surface area contributed by atoms with E-state index in [1.807, 2.05) is 48.7 Å². The van der Waals surface area contributed by atoms with Crippen LogP contribution in [0.25, 0.3) is 16.4 Å². The predicted molar refractivity (Wildman–Crippen MR) is 140 cm³/mol. The molecular formula is C23H25ClN6O3S2. The monoisotopic (exact) mass is 532 g/mol. The van der Waals surface area contributed by atoms with E-state index in [-0.39, 0.29) is 11.4 Å². The topological polar surface area (TPSA) is 96.2 Å². The Bertz CT molecular complexity index is 1260. The van der Waals surface area contributed by atoms with Crippen LogP contribution >= 0.6 is 34.9 Å². The number of aryl methyl sites for hydroxylation is 1. The maximum absolute atomic E-state index is 6.22. The second-order valence-electron chi connectivity index (χ2n) is 7.50. The van der Waals surface area contributed by atoms with Crippen molar-refractivity contribution in [3.05, 3.63) is 58.4 Å². The van der Waals surface area contributed by atoms with E-state index in [1.54, 1.807) is 33.7 Å². The molecule has 184 valence electrons. The first kappa shape index (κ1) is 25.2. The zero-order valence-corrected chi connectivity index (χ0v) is 22.2. The van der Waals surface area contributed by atoms with Crippen LogP contribution in [0.4, 0.5) is 5.95 Å². The van der Waals surface area contributed by atoms with E-state index in [9.17, 15) is 0 Å². The Labute approximate surface area is 217 Å². The fraction of sp³-hybridized carbons (Fsp3) is 0.304. The molecule has 0 aliphatic heterocycles. The van der Waals surface area contributed by atoms with Crippen molar-refractivity contribution >= 4 is 40.8 Å². The number of benzene rings is 1. The summed E-state index contributed by atoms with van der Waals surface area (Å²) >= 11 is 9.06. The first-order valence-corrected chi connectivity index (χ1v) is 12.7. The third-order valence-corrected chi connectivity index (χ3v) is 7.30. The molecule has 2 atom stereocenters. The molecule has 12 heteroatoms. The Kier molecular flexibility index (Phi) is 8.11. The molecule has 1 N–H and O–H groups in total. The van der Waals surface area contributed by atoms with Gasteiger partial charge >= 0.3 is 0 Å². The van der Waals surface area contributed by atoms with E-state index in [1.165, 1.54) is 23.3 Å². The smallest absolute Gasteiger partial charge is 0.239 e. The number of nitrogens with zero attached hydrogens (tertiary/aromatic N) is 5. The molecule has 0 aliphatic carbocycles. The molecule has 0 radical (unpaired) electrons. The molecule has 0 saturated carbocycles. The van der Waals surface area contributed by atoms with Gasteiger partial charge in [0.15, 0.2) is 11.6 Å². The molecule has 0 fully saturated rings. The van der Waals surface area contributed by atoms with Gasteiger partial charge in [0, 0.05) is 19.5 Å². The molecular weight excluding hydrogens is 508 g/mol. The van der Waals surface area contributed by atoms with Crippen LogP contribution in [0.5, 0.6) is 11.5 Å². The summed E-state index contributed by atoms with van der Waals surface area (Å²) in [5.41, 5.74) is 1.66. The van der Waals surface area contributed by atoms with Gasteiger partial charge in [0.1, 0.15) is 23.3 Å². The summed E-state index contributed by atoms with van der Waals surface area (Å²) in [5.74, 6) is 2.92. The van der Waals surface area contributed by atoms with Gasteiger partial charge in [0.05, 0.1) is 28.7 Å². The fourth-order valence-electron chi connectivity index (χ4n) is 3.47. The molecule has 4 rings (SSSR count). The van der Waals surface area contributed by atoms with E-state index in [2.05, 4.69) is 24.9 Å². The molecule has 35 heavy (non-hydrogen) atoms. The van der Waals surface area contributed by atoms with Gasteiger partial charge < -0.3 is 14.2 Å². The SMILES string of the molecule is COc1cccc(OC)c1-n1c(NSC(C)C(OC)c2ncc(C)cn2)nnc1-c1ccc(Cl)s1. The number of hydrogen-bond donors (Lipinski definition) is 1. The van der Waals surface area contributed by atoms with Gasteiger partial charge in [0.25, 0.3) is 0 Å². The van der Waals surface area contributed by atoms with Crippen LogP contribution in [0.3, 0.4) is 0 Å². The molecule has 0 saturated heterocycles. The summed E-state index contributed by atoms with van der Waals surface area (Å²) < 4.78 is 22.9. The Balaban J connectivity index is 1.71. The van der Waals surface area contributed by atoms with Crippen molar-refractivity contribution in [3.8, 4) is 27.9 Å². The third-order valence-electron chi connectivity index (χ3n) is 5.15. The minimum absolute atomic E-state index is 0.0629. The summed E-state index contributed by atoms with van der Waals surface area (Å²) in [4.78, 5) is 9.71. The zero-order chi connectivity index (χ0) is 24.9. The molecule has 0 bridgehead atoms. The Morgan fingerprint density at radius 2 is 1.71 bits per heavy atom. The number of rotatable bonds is 10. The average molecular weight is 533 g/mol. The van der Waals surface area contributed by atoms with Gasteiger partial charge in [-0.2, -0.15) is 0 Å². The van der Waals surface area contributed by atoms with Crippen LogP contribution in [0.2, 0.25) is 4.34 Å². The predicted octanol–water partition coefficient (Wildman–Crippen LogP) is 5.60. The van der Waals surface area contributed by atoms with Gasteiger partial charge in [-0.05, 0) is 55.6 Å². The maximum atomic E-state index is 6.22. The highest BCUT2D eigenvalue weighted by atomic mass is 35.5. The minimum atomic E-state index is -0.333. The van der Waals surface area contributed by atoms with Crippen LogP contribution in [-0.4, -0.2) is 51.3 Å². The van der Waals surface area contributed by atoms with E-state index < -0.39 is 0 Å². The molecule has 4 aromatic rings. The van der Waals surface area contributed by atoms with Crippen molar-refractivity contribution in [2.45, 2.75) is 25.2 Å². The quantitative estimate of drug-likeness (QED) is 0.262. The second kappa shape index (κ2) is 11.3. The maximum Gasteiger partial charge on any atom is 0.239 e. The van der Waals surface area contributed by atoms with E-state index in [0.717, 1.165) is 10.4 Å². The largest absolute Gasteiger partial charge is 0.494 e. The molecule has 0 amide bonds. The third kappa shape index (κ3) is 5.37. The van der Waals surface area contributed by atoms with Gasteiger partial charge in [0.2, 0.25) is 5.95 Å². The first-order chi connectivity index (χ1) is 17.0. The summed E-state index contributed by atoms with van der Waals surface area (Å²) in [7, 11) is 4.86. The number of anilines is 1. The summed E-state index contributed by atoms with van der Waals surface area (Å²) in [6, 6.07) is 9.32.